The van der Waals surface area contributed by atoms with Gasteiger partial charge in [0.15, 0.2) is 5.16 Å². The first kappa shape index (κ1) is 21.9. The molecular formula is C25H26N4O2S. The van der Waals surface area contributed by atoms with E-state index in [4.69, 9.17) is 0 Å². The van der Waals surface area contributed by atoms with Crippen LogP contribution in [0.25, 0.3) is 16.7 Å². The van der Waals surface area contributed by atoms with E-state index in [1.54, 1.807) is 4.57 Å². The summed E-state index contributed by atoms with van der Waals surface area (Å²) in [5.74, 6) is 0.00157. The van der Waals surface area contributed by atoms with Crippen molar-refractivity contribution < 1.29 is 4.79 Å². The summed E-state index contributed by atoms with van der Waals surface area (Å²) in [7, 11) is 0. The summed E-state index contributed by atoms with van der Waals surface area (Å²) < 4.78 is 1.55. The summed E-state index contributed by atoms with van der Waals surface area (Å²) in [6, 6.07) is 19.2. The van der Waals surface area contributed by atoms with Crippen LogP contribution in [0, 0.1) is 6.92 Å². The number of aromatic amines is 1. The monoisotopic (exact) mass is 446 g/mol. The number of nitrogens with zero attached hydrogens (tertiary/aromatic N) is 2. The SMILES string of the molecule is CCCCc1ccc(NC(=O)CSc2nc3cc(C)[nH]c3c(=O)n2-c2ccccc2)cc1. The van der Waals surface area contributed by atoms with Crippen molar-refractivity contribution in [1.29, 1.82) is 0 Å². The lowest BCUT2D eigenvalue weighted by Crippen LogP contribution is -2.23. The van der Waals surface area contributed by atoms with Crippen molar-refractivity contribution in [2.75, 3.05) is 11.1 Å². The topological polar surface area (TPSA) is 79.8 Å². The minimum Gasteiger partial charge on any atom is -0.353 e. The zero-order valence-corrected chi connectivity index (χ0v) is 19.0. The second kappa shape index (κ2) is 9.87. The summed E-state index contributed by atoms with van der Waals surface area (Å²) in [4.78, 5) is 33.5. The number of carbonyl (C=O) groups is 1. The molecule has 6 nitrogen and oxygen atoms in total. The Kier molecular flexibility index (Phi) is 6.75. The lowest BCUT2D eigenvalue weighted by atomic mass is 10.1. The van der Waals surface area contributed by atoms with E-state index < -0.39 is 0 Å². The van der Waals surface area contributed by atoms with Gasteiger partial charge in [0.1, 0.15) is 5.52 Å². The number of H-pyrrole nitrogens is 1. The van der Waals surface area contributed by atoms with Crippen LogP contribution in [0.5, 0.6) is 0 Å². The molecule has 2 heterocycles. The van der Waals surface area contributed by atoms with Crippen molar-refractivity contribution in [2.24, 2.45) is 0 Å². The average molecular weight is 447 g/mol. The van der Waals surface area contributed by atoms with Gasteiger partial charge in [0.2, 0.25) is 5.91 Å². The summed E-state index contributed by atoms with van der Waals surface area (Å²) >= 11 is 1.25. The van der Waals surface area contributed by atoms with Crippen molar-refractivity contribution in [3.63, 3.8) is 0 Å². The Balaban J connectivity index is 1.53. The van der Waals surface area contributed by atoms with Crippen molar-refractivity contribution in [1.82, 2.24) is 14.5 Å². The second-order valence-electron chi connectivity index (χ2n) is 7.72. The van der Waals surface area contributed by atoms with Crippen LogP contribution < -0.4 is 10.9 Å². The van der Waals surface area contributed by atoms with Crippen LogP contribution in [0.4, 0.5) is 5.69 Å². The van der Waals surface area contributed by atoms with Crippen molar-refractivity contribution in [3.8, 4) is 5.69 Å². The van der Waals surface area contributed by atoms with Crippen LogP contribution in [0.2, 0.25) is 0 Å². The molecule has 2 aromatic carbocycles. The van der Waals surface area contributed by atoms with Gasteiger partial charge in [-0.25, -0.2) is 4.98 Å². The van der Waals surface area contributed by atoms with E-state index in [1.165, 1.54) is 17.3 Å². The number of amides is 1. The smallest absolute Gasteiger partial charge is 0.283 e. The summed E-state index contributed by atoms with van der Waals surface area (Å²) in [5.41, 5.74) is 4.50. The Morgan fingerprint density at radius 1 is 1.12 bits per heavy atom. The normalized spacial score (nSPS) is 11.1. The predicted molar refractivity (Wildman–Crippen MR) is 131 cm³/mol. The summed E-state index contributed by atoms with van der Waals surface area (Å²) in [6.07, 6.45) is 3.36. The highest BCUT2D eigenvalue weighted by molar-refractivity contribution is 7.99. The number of carbonyl (C=O) groups excluding carboxylic acids is 1. The summed E-state index contributed by atoms with van der Waals surface area (Å²) in [6.45, 7) is 4.06. The number of aryl methyl sites for hydroxylation is 2. The Morgan fingerprint density at radius 3 is 2.59 bits per heavy atom. The molecule has 1 amide bonds. The third-order valence-electron chi connectivity index (χ3n) is 5.16. The van der Waals surface area contributed by atoms with Crippen LogP contribution in [-0.4, -0.2) is 26.2 Å². The number of thioether (sulfide) groups is 1. The lowest BCUT2D eigenvalue weighted by Gasteiger charge is -2.12. The fourth-order valence-electron chi connectivity index (χ4n) is 3.54. The molecule has 0 unspecified atom stereocenters. The maximum absolute atomic E-state index is 13.2. The quantitative estimate of drug-likeness (QED) is 0.292. The van der Waals surface area contributed by atoms with Gasteiger partial charge in [-0.2, -0.15) is 0 Å². The first-order chi connectivity index (χ1) is 15.5. The van der Waals surface area contributed by atoms with E-state index in [1.807, 2.05) is 55.5 Å². The van der Waals surface area contributed by atoms with E-state index in [2.05, 4.69) is 34.3 Å². The lowest BCUT2D eigenvalue weighted by molar-refractivity contribution is -0.113. The van der Waals surface area contributed by atoms with Crippen molar-refractivity contribution in [3.05, 3.63) is 82.3 Å². The highest BCUT2D eigenvalue weighted by Crippen LogP contribution is 2.22. The third kappa shape index (κ3) is 4.94. The Morgan fingerprint density at radius 2 is 1.88 bits per heavy atom. The number of hydrogen-bond donors (Lipinski definition) is 2. The van der Waals surface area contributed by atoms with Crippen LogP contribution >= 0.6 is 11.8 Å². The maximum atomic E-state index is 13.2. The average Bonchev–Trinajstić information content (AvgIpc) is 3.18. The first-order valence-corrected chi connectivity index (χ1v) is 11.7. The van der Waals surface area contributed by atoms with Crippen LogP contribution in [0.3, 0.4) is 0 Å². The molecule has 32 heavy (non-hydrogen) atoms. The van der Waals surface area contributed by atoms with E-state index in [-0.39, 0.29) is 17.2 Å². The number of nitrogens with one attached hydrogen (secondary N) is 2. The molecule has 2 aromatic heterocycles. The van der Waals surface area contributed by atoms with Gasteiger partial charge in [-0.1, -0.05) is 55.4 Å². The molecule has 0 saturated carbocycles. The highest BCUT2D eigenvalue weighted by Gasteiger charge is 2.16. The highest BCUT2D eigenvalue weighted by atomic mass is 32.2. The zero-order chi connectivity index (χ0) is 22.5. The van der Waals surface area contributed by atoms with Gasteiger partial charge in [-0.15, -0.1) is 0 Å². The molecule has 164 valence electrons. The largest absolute Gasteiger partial charge is 0.353 e. The standard InChI is InChI=1S/C25H26N4O2S/c1-3-4-8-18-11-13-19(14-12-18)27-22(30)16-32-25-28-21-15-17(2)26-23(21)24(31)29(25)20-9-6-5-7-10-20/h5-7,9-15,26H,3-4,8,16H2,1-2H3,(H,27,30). The minimum absolute atomic E-state index is 0.143. The number of anilines is 1. The van der Waals surface area contributed by atoms with E-state index in [9.17, 15) is 9.59 Å². The van der Waals surface area contributed by atoms with Crippen LogP contribution in [-0.2, 0) is 11.2 Å². The molecule has 0 aliphatic rings. The van der Waals surface area contributed by atoms with Gasteiger partial charge in [0.05, 0.1) is 17.0 Å². The molecule has 0 fully saturated rings. The molecule has 4 aromatic rings. The number of rotatable bonds is 8. The number of fused-ring (bicyclic) bond motifs is 1. The van der Waals surface area contributed by atoms with Gasteiger partial charge in [0, 0.05) is 11.4 Å². The maximum Gasteiger partial charge on any atom is 0.283 e. The van der Waals surface area contributed by atoms with Crippen molar-refractivity contribution >= 4 is 34.4 Å². The van der Waals surface area contributed by atoms with Gasteiger partial charge in [0.25, 0.3) is 5.56 Å². The van der Waals surface area contributed by atoms with Gasteiger partial charge in [-0.05, 0) is 55.7 Å². The number of para-hydroxylation sites is 1. The number of hydrogen-bond acceptors (Lipinski definition) is 4. The first-order valence-electron chi connectivity index (χ1n) is 10.7. The van der Waals surface area contributed by atoms with Crippen LogP contribution in [0.1, 0.15) is 31.0 Å². The van der Waals surface area contributed by atoms with E-state index in [0.717, 1.165) is 30.6 Å². The van der Waals surface area contributed by atoms with E-state index >= 15 is 0 Å². The molecule has 0 spiro atoms. The Labute approximate surface area is 191 Å². The van der Waals surface area contributed by atoms with Gasteiger partial charge in [-0.3, -0.25) is 14.2 Å². The zero-order valence-electron chi connectivity index (χ0n) is 18.2. The molecule has 0 aliphatic heterocycles. The minimum atomic E-state index is -0.181. The number of unbranched alkanes of at least 4 members (excludes halogenated alkanes) is 1. The number of aromatic nitrogens is 3. The second-order valence-corrected chi connectivity index (χ2v) is 8.66. The van der Waals surface area contributed by atoms with Crippen molar-refractivity contribution in [2.45, 2.75) is 38.3 Å². The molecule has 4 rings (SSSR count). The molecule has 2 N–H and O–H groups in total. The van der Waals surface area contributed by atoms with Crippen LogP contribution in [0.15, 0.2) is 70.6 Å². The van der Waals surface area contributed by atoms with Gasteiger partial charge >= 0.3 is 0 Å². The molecule has 0 saturated heterocycles. The number of benzene rings is 2. The molecule has 0 aliphatic carbocycles. The molecule has 0 atom stereocenters. The van der Waals surface area contributed by atoms with E-state index in [0.29, 0.717) is 21.9 Å². The molecule has 0 bridgehead atoms. The molecule has 0 radical (unpaired) electrons. The van der Waals surface area contributed by atoms with Gasteiger partial charge < -0.3 is 10.3 Å². The summed E-state index contributed by atoms with van der Waals surface area (Å²) in [5, 5.41) is 3.41. The molecule has 7 heteroatoms. The Bertz CT molecular complexity index is 1280. The Hall–Kier alpha value is -3.32. The fraction of sp³-hybridized carbons (Fsp3) is 0.240. The predicted octanol–water partition coefficient (Wildman–Crippen LogP) is 5.10. The fourth-order valence-corrected chi connectivity index (χ4v) is 4.35. The third-order valence-corrected chi connectivity index (χ3v) is 6.10. The molecular weight excluding hydrogens is 420 g/mol.